The van der Waals surface area contributed by atoms with E-state index in [-0.39, 0.29) is 18.0 Å². The lowest BCUT2D eigenvalue weighted by molar-refractivity contribution is -0.121. The molecule has 8 heteroatoms. The van der Waals surface area contributed by atoms with E-state index in [1.54, 1.807) is 6.07 Å². The number of nitriles is 1. The van der Waals surface area contributed by atoms with Crippen molar-refractivity contribution in [2.75, 3.05) is 24.5 Å². The van der Waals surface area contributed by atoms with Gasteiger partial charge in [0.15, 0.2) is 0 Å². The number of hydrogen-bond donors (Lipinski definition) is 0. The molecule has 7 nitrogen and oxygen atoms in total. The third-order valence-electron chi connectivity index (χ3n) is 7.69. The zero-order valence-corrected chi connectivity index (χ0v) is 23.3. The molecule has 42 heavy (non-hydrogen) atoms. The fourth-order valence-corrected chi connectivity index (χ4v) is 5.43. The highest BCUT2D eigenvalue weighted by molar-refractivity contribution is 6.05. The molecule has 0 spiro atoms. The summed E-state index contributed by atoms with van der Waals surface area (Å²) in [6.45, 7) is 4.89. The number of amides is 1. The van der Waals surface area contributed by atoms with Crippen molar-refractivity contribution < 1.29 is 13.9 Å². The average molecular weight is 560 g/mol. The third-order valence-corrected chi connectivity index (χ3v) is 7.69. The monoisotopic (exact) mass is 559 g/mol. The zero-order valence-electron chi connectivity index (χ0n) is 23.3. The van der Waals surface area contributed by atoms with Gasteiger partial charge in [-0.3, -0.25) is 9.69 Å². The van der Waals surface area contributed by atoms with E-state index < -0.39 is 5.82 Å². The lowest BCUT2D eigenvalue weighted by Gasteiger charge is -2.35. The number of fused-ring (bicyclic) bond motifs is 1. The number of anilines is 1. The number of aromatic nitrogens is 2. The van der Waals surface area contributed by atoms with E-state index in [4.69, 9.17) is 10.00 Å². The van der Waals surface area contributed by atoms with Gasteiger partial charge in [-0.15, -0.1) is 0 Å². The van der Waals surface area contributed by atoms with Gasteiger partial charge >= 0.3 is 0 Å². The lowest BCUT2D eigenvalue weighted by atomic mass is 10.1. The van der Waals surface area contributed by atoms with Gasteiger partial charge in [-0.25, -0.2) is 9.37 Å². The fraction of sp³-hybridized carbons (Fsp3) is 0.206. The minimum Gasteiger partial charge on any atom is -0.489 e. The minimum atomic E-state index is -0.528. The van der Waals surface area contributed by atoms with Crippen LogP contribution in [-0.4, -0.2) is 40.0 Å². The summed E-state index contributed by atoms with van der Waals surface area (Å²) >= 11 is 0. The van der Waals surface area contributed by atoms with E-state index in [2.05, 4.69) is 9.88 Å². The molecule has 5 aromatic rings. The molecule has 210 valence electrons. The molecular weight excluding hydrogens is 529 g/mol. The van der Waals surface area contributed by atoms with Crippen LogP contribution in [0.5, 0.6) is 5.75 Å². The number of carbonyl (C=O) groups is 1. The normalized spacial score (nSPS) is 13.8. The van der Waals surface area contributed by atoms with Gasteiger partial charge < -0.3 is 14.2 Å². The van der Waals surface area contributed by atoms with Gasteiger partial charge in [0, 0.05) is 37.8 Å². The van der Waals surface area contributed by atoms with E-state index in [0.29, 0.717) is 32.8 Å². The number of nitrogens with zero attached hydrogens (tertiary/aromatic N) is 5. The average Bonchev–Trinajstić information content (AvgIpc) is 3.34. The summed E-state index contributed by atoms with van der Waals surface area (Å²) in [5.74, 6) is 1.07. The van der Waals surface area contributed by atoms with Crippen LogP contribution in [0, 0.1) is 24.1 Å². The first-order chi connectivity index (χ1) is 20.5. The summed E-state index contributed by atoms with van der Waals surface area (Å²) in [5.41, 5.74) is 3.70. The Morgan fingerprint density at radius 2 is 1.81 bits per heavy atom. The van der Waals surface area contributed by atoms with Crippen LogP contribution in [0.15, 0.2) is 91.1 Å². The maximum absolute atomic E-state index is 14.2. The van der Waals surface area contributed by atoms with E-state index in [0.717, 1.165) is 44.9 Å². The van der Waals surface area contributed by atoms with Crippen molar-refractivity contribution in [2.45, 2.75) is 26.6 Å². The van der Waals surface area contributed by atoms with Crippen molar-refractivity contribution in [1.29, 1.82) is 5.26 Å². The Bertz CT molecular complexity index is 1790. The molecule has 1 saturated heterocycles. The molecule has 4 aromatic carbocycles. The number of halogens is 1. The number of rotatable bonds is 8. The van der Waals surface area contributed by atoms with Crippen molar-refractivity contribution in [3.63, 3.8) is 0 Å². The van der Waals surface area contributed by atoms with Gasteiger partial charge in [0.05, 0.1) is 23.5 Å². The quantitative estimate of drug-likeness (QED) is 0.239. The number of ether oxygens (including phenoxy) is 1. The molecule has 1 aliphatic heterocycles. The van der Waals surface area contributed by atoms with E-state index in [1.807, 2.05) is 95.4 Å². The Hall–Kier alpha value is -5.00. The lowest BCUT2D eigenvalue weighted by Crippen LogP contribution is -2.50. The van der Waals surface area contributed by atoms with Crippen LogP contribution in [0.3, 0.4) is 0 Å². The molecule has 0 aliphatic carbocycles. The molecule has 0 saturated carbocycles. The number of benzene rings is 4. The Morgan fingerprint density at radius 1 is 0.952 bits per heavy atom. The molecule has 1 amide bonds. The van der Waals surface area contributed by atoms with Crippen LogP contribution >= 0.6 is 0 Å². The smallest absolute Gasteiger partial charge is 0.241 e. The summed E-state index contributed by atoms with van der Waals surface area (Å²) < 4.78 is 22.3. The van der Waals surface area contributed by atoms with Gasteiger partial charge in [0.1, 0.15) is 30.1 Å². The molecule has 0 N–H and O–H groups in total. The van der Waals surface area contributed by atoms with Crippen molar-refractivity contribution in [3.05, 3.63) is 125 Å². The number of aryl methyl sites for hydroxylation is 1. The SMILES string of the molecule is Cc1ncc(CN2CCN(c3cccc4ccc(OCc5ccccc5)cc34)C(=O)C2)n1Cc1ccc(C#N)c(F)c1. The van der Waals surface area contributed by atoms with Gasteiger partial charge in [-0.1, -0.05) is 54.6 Å². The molecule has 0 atom stereocenters. The molecular formula is C34H30FN5O2. The predicted molar refractivity (Wildman–Crippen MR) is 160 cm³/mol. The van der Waals surface area contributed by atoms with Crippen LogP contribution in [0.4, 0.5) is 10.1 Å². The highest BCUT2D eigenvalue weighted by Crippen LogP contribution is 2.31. The summed E-state index contributed by atoms with van der Waals surface area (Å²) in [4.78, 5) is 21.9. The van der Waals surface area contributed by atoms with Gasteiger partial charge in [-0.2, -0.15) is 5.26 Å². The second-order valence-electron chi connectivity index (χ2n) is 10.5. The third kappa shape index (κ3) is 5.73. The largest absolute Gasteiger partial charge is 0.489 e. The molecule has 1 aromatic heterocycles. The maximum Gasteiger partial charge on any atom is 0.241 e. The number of hydrogen-bond acceptors (Lipinski definition) is 5. The van der Waals surface area contributed by atoms with Crippen LogP contribution in [0.1, 0.15) is 28.2 Å². The van der Waals surface area contributed by atoms with E-state index >= 15 is 0 Å². The van der Waals surface area contributed by atoms with Gasteiger partial charge in [0.25, 0.3) is 0 Å². The molecule has 0 unspecified atom stereocenters. The topological polar surface area (TPSA) is 74.4 Å². The highest BCUT2D eigenvalue weighted by Gasteiger charge is 2.27. The number of carbonyl (C=O) groups excluding carboxylic acids is 1. The van der Waals surface area contributed by atoms with Crippen LogP contribution < -0.4 is 9.64 Å². The Kier molecular flexibility index (Phi) is 7.67. The Labute approximate surface area is 244 Å². The summed E-state index contributed by atoms with van der Waals surface area (Å²) in [7, 11) is 0. The van der Waals surface area contributed by atoms with Crippen LogP contribution in [0.25, 0.3) is 10.8 Å². The minimum absolute atomic E-state index is 0.0276. The molecule has 1 fully saturated rings. The van der Waals surface area contributed by atoms with Crippen molar-refractivity contribution in [2.24, 2.45) is 0 Å². The summed E-state index contributed by atoms with van der Waals surface area (Å²) in [6.07, 6.45) is 1.81. The maximum atomic E-state index is 14.2. The van der Waals surface area contributed by atoms with E-state index in [9.17, 15) is 9.18 Å². The molecule has 0 bridgehead atoms. The van der Waals surface area contributed by atoms with Crippen molar-refractivity contribution >= 4 is 22.4 Å². The first-order valence-corrected chi connectivity index (χ1v) is 13.9. The Morgan fingerprint density at radius 3 is 2.60 bits per heavy atom. The Balaban J connectivity index is 1.15. The number of imidazole rings is 1. The second-order valence-corrected chi connectivity index (χ2v) is 10.5. The van der Waals surface area contributed by atoms with Gasteiger partial charge in [0.2, 0.25) is 5.91 Å². The highest BCUT2D eigenvalue weighted by atomic mass is 19.1. The number of piperazine rings is 1. The summed E-state index contributed by atoms with van der Waals surface area (Å²) in [5, 5.41) is 11.1. The van der Waals surface area contributed by atoms with Crippen molar-refractivity contribution in [3.8, 4) is 11.8 Å². The molecule has 0 radical (unpaired) electrons. The van der Waals surface area contributed by atoms with Crippen LogP contribution in [0.2, 0.25) is 0 Å². The first kappa shape index (κ1) is 27.2. The standard InChI is InChI=1S/C34H30FN5O2/c1-24-37-19-29(40(24)20-26-10-11-28(18-36)32(35)16-26)21-38-14-15-39(34(41)22-38)33-9-5-8-27-12-13-30(17-31(27)33)42-23-25-6-3-2-4-7-25/h2-13,16-17,19H,14-15,20-23H2,1H3. The molecule has 1 aliphatic rings. The van der Waals surface area contributed by atoms with Crippen LogP contribution in [-0.2, 0) is 24.5 Å². The van der Waals surface area contributed by atoms with Gasteiger partial charge in [-0.05, 0) is 53.8 Å². The fourth-order valence-electron chi connectivity index (χ4n) is 5.43. The predicted octanol–water partition coefficient (Wildman–Crippen LogP) is 5.83. The second kappa shape index (κ2) is 11.9. The van der Waals surface area contributed by atoms with Crippen molar-refractivity contribution in [1.82, 2.24) is 14.5 Å². The summed E-state index contributed by atoms with van der Waals surface area (Å²) in [6, 6.07) is 28.6. The zero-order chi connectivity index (χ0) is 29.1. The molecule has 2 heterocycles. The molecule has 6 rings (SSSR count). The van der Waals surface area contributed by atoms with E-state index in [1.165, 1.54) is 12.1 Å². The first-order valence-electron chi connectivity index (χ1n) is 13.9.